The smallest absolute Gasteiger partial charge is 0.252 e. The average Bonchev–Trinajstić information content (AvgIpc) is 3.03. The summed E-state index contributed by atoms with van der Waals surface area (Å²) in [6.45, 7) is 0. The lowest BCUT2D eigenvalue weighted by atomic mass is 10.1. The molecular weight excluding hydrogens is 318 g/mol. The van der Waals surface area contributed by atoms with Crippen molar-refractivity contribution in [1.82, 2.24) is 0 Å². The first-order valence-electron chi connectivity index (χ1n) is 8.26. The molecule has 1 saturated carbocycles. The van der Waals surface area contributed by atoms with E-state index in [0.29, 0.717) is 22.7 Å². The number of nitrogens with two attached hydrogens (primary N) is 2. The van der Waals surface area contributed by atoms with Crippen molar-refractivity contribution in [1.29, 1.82) is 0 Å². The molecule has 25 heavy (non-hydrogen) atoms. The Labute approximate surface area is 146 Å². The topological polar surface area (TPSA) is 107 Å². The van der Waals surface area contributed by atoms with Gasteiger partial charge in [0.25, 0.3) is 5.91 Å². The van der Waals surface area contributed by atoms with Gasteiger partial charge in [0.15, 0.2) is 0 Å². The second-order valence-electron chi connectivity index (χ2n) is 6.25. The predicted octanol–water partition coefficient (Wildman–Crippen LogP) is 2.64. The van der Waals surface area contributed by atoms with Gasteiger partial charge in [-0.3, -0.25) is 9.59 Å². The summed E-state index contributed by atoms with van der Waals surface area (Å²) in [5, 5.41) is 2.90. The van der Waals surface area contributed by atoms with Crippen LogP contribution in [0.4, 0.5) is 5.69 Å². The minimum atomic E-state index is -0.547. The van der Waals surface area contributed by atoms with Gasteiger partial charge >= 0.3 is 0 Å². The molecule has 130 valence electrons. The second-order valence-corrected chi connectivity index (χ2v) is 6.25. The van der Waals surface area contributed by atoms with E-state index in [9.17, 15) is 9.59 Å². The molecule has 3 rings (SSSR count). The molecule has 1 aliphatic rings. The Morgan fingerprint density at radius 1 is 1.04 bits per heavy atom. The maximum Gasteiger partial charge on any atom is 0.252 e. The Hall–Kier alpha value is -2.86. The lowest BCUT2D eigenvalue weighted by Crippen LogP contribution is -2.23. The number of anilines is 1. The van der Waals surface area contributed by atoms with Crippen molar-refractivity contribution < 1.29 is 14.3 Å². The Bertz CT molecular complexity index is 774. The van der Waals surface area contributed by atoms with Crippen LogP contribution in [0, 0.1) is 5.92 Å². The third-order valence-electron chi connectivity index (χ3n) is 4.35. The van der Waals surface area contributed by atoms with Gasteiger partial charge < -0.3 is 21.5 Å². The van der Waals surface area contributed by atoms with Gasteiger partial charge in [-0.05, 0) is 55.7 Å². The molecule has 2 aromatic carbocycles. The largest absolute Gasteiger partial charge is 0.457 e. The monoisotopic (exact) mass is 339 g/mol. The zero-order valence-corrected chi connectivity index (χ0v) is 13.8. The van der Waals surface area contributed by atoms with Crippen LogP contribution in [0.3, 0.4) is 0 Å². The van der Waals surface area contributed by atoms with Gasteiger partial charge in [-0.15, -0.1) is 0 Å². The van der Waals surface area contributed by atoms with Crippen molar-refractivity contribution in [3.8, 4) is 11.5 Å². The van der Waals surface area contributed by atoms with Crippen molar-refractivity contribution in [2.24, 2.45) is 17.4 Å². The van der Waals surface area contributed by atoms with Crippen molar-refractivity contribution in [3.63, 3.8) is 0 Å². The number of carbonyl (C=O) groups excluding carboxylic acids is 2. The van der Waals surface area contributed by atoms with Crippen LogP contribution in [-0.2, 0) is 4.79 Å². The number of nitrogens with one attached hydrogen (secondary N) is 1. The van der Waals surface area contributed by atoms with Crippen molar-refractivity contribution >= 4 is 17.5 Å². The summed E-state index contributed by atoms with van der Waals surface area (Å²) in [7, 11) is 0. The van der Waals surface area contributed by atoms with Crippen LogP contribution in [0.15, 0.2) is 48.5 Å². The number of carbonyl (C=O) groups is 2. The van der Waals surface area contributed by atoms with E-state index in [2.05, 4.69) is 5.32 Å². The highest BCUT2D eigenvalue weighted by atomic mass is 16.5. The third kappa shape index (κ3) is 4.16. The molecule has 0 saturated heterocycles. The highest BCUT2D eigenvalue weighted by molar-refractivity contribution is 5.95. The van der Waals surface area contributed by atoms with E-state index in [4.69, 9.17) is 16.2 Å². The number of hydrogen-bond acceptors (Lipinski definition) is 4. The van der Waals surface area contributed by atoms with E-state index in [-0.39, 0.29) is 17.9 Å². The molecule has 1 fully saturated rings. The predicted molar refractivity (Wildman–Crippen MR) is 95.4 cm³/mol. The molecule has 0 aliphatic heterocycles. The molecule has 6 heteroatoms. The van der Waals surface area contributed by atoms with Crippen LogP contribution in [0.25, 0.3) is 0 Å². The van der Waals surface area contributed by atoms with Gasteiger partial charge in [0.2, 0.25) is 5.91 Å². The zero-order valence-electron chi connectivity index (χ0n) is 13.8. The standard InChI is InChI=1S/C19H21N3O3/c20-13-6-5-12(11-13)19(24)22-14-7-9-15(10-8-14)25-17-4-2-1-3-16(17)18(21)23/h1-4,7-10,12-13H,5-6,11,20H2,(H2,21,23)(H,22,24). The van der Waals surface area contributed by atoms with Crippen LogP contribution >= 0.6 is 0 Å². The van der Waals surface area contributed by atoms with Crippen LogP contribution in [0.5, 0.6) is 11.5 Å². The molecule has 2 aromatic rings. The molecule has 0 heterocycles. The van der Waals surface area contributed by atoms with Gasteiger partial charge in [-0.1, -0.05) is 12.1 Å². The SMILES string of the molecule is NC(=O)c1ccccc1Oc1ccc(NC(=O)C2CCC(N)C2)cc1. The Morgan fingerprint density at radius 2 is 1.76 bits per heavy atom. The molecule has 0 radical (unpaired) electrons. The van der Waals surface area contributed by atoms with E-state index >= 15 is 0 Å². The normalized spacial score (nSPS) is 19.4. The van der Waals surface area contributed by atoms with E-state index in [1.54, 1.807) is 48.5 Å². The maximum atomic E-state index is 12.2. The van der Waals surface area contributed by atoms with E-state index in [1.165, 1.54) is 0 Å². The fourth-order valence-electron chi connectivity index (χ4n) is 2.99. The Balaban J connectivity index is 1.65. The van der Waals surface area contributed by atoms with E-state index in [0.717, 1.165) is 19.3 Å². The molecule has 5 N–H and O–H groups in total. The molecular formula is C19H21N3O3. The van der Waals surface area contributed by atoms with Gasteiger partial charge in [0.1, 0.15) is 11.5 Å². The number of hydrogen-bond donors (Lipinski definition) is 3. The number of primary amides is 1. The Morgan fingerprint density at radius 3 is 2.40 bits per heavy atom. The first-order chi connectivity index (χ1) is 12.0. The van der Waals surface area contributed by atoms with Crippen LogP contribution in [0.2, 0.25) is 0 Å². The summed E-state index contributed by atoms with van der Waals surface area (Å²) in [6, 6.07) is 13.9. The number of para-hydroxylation sites is 1. The lowest BCUT2D eigenvalue weighted by molar-refractivity contribution is -0.119. The van der Waals surface area contributed by atoms with Crippen molar-refractivity contribution in [2.45, 2.75) is 25.3 Å². The van der Waals surface area contributed by atoms with Crippen molar-refractivity contribution in [3.05, 3.63) is 54.1 Å². The fourth-order valence-corrected chi connectivity index (χ4v) is 2.99. The molecule has 0 aromatic heterocycles. The average molecular weight is 339 g/mol. The molecule has 2 atom stereocenters. The van der Waals surface area contributed by atoms with Crippen LogP contribution < -0.4 is 21.5 Å². The highest BCUT2D eigenvalue weighted by Crippen LogP contribution is 2.28. The van der Waals surface area contributed by atoms with Crippen LogP contribution in [0.1, 0.15) is 29.6 Å². The van der Waals surface area contributed by atoms with Crippen molar-refractivity contribution in [2.75, 3.05) is 5.32 Å². The van der Waals surface area contributed by atoms with Gasteiger partial charge in [-0.25, -0.2) is 0 Å². The van der Waals surface area contributed by atoms with E-state index < -0.39 is 5.91 Å². The molecule has 2 amide bonds. The first-order valence-corrected chi connectivity index (χ1v) is 8.26. The minimum absolute atomic E-state index is 0.000641. The summed E-state index contributed by atoms with van der Waals surface area (Å²) >= 11 is 0. The number of ether oxygens (including phenoxy) is 1. The Kier molecular flexibility index (Phi) is 5.00. The fraction of sp³-hybridized carbons (Fsp3) is 0.263. The zero-order chi connectivity index (χ0) is 17.8. The highest BCUT2D eigenvalue weighted by Gasteiger charge is 2.27. The quantitative estimate of drug-likeness (QED) is 0.778. The van der Waals surface area contributed by atoms with Gasteiger partial charge in [-0.2, -0.15) is 0 Å². The van der Waals surface area contributed by atoms with Gasteiger partial charge in [0.05, 0.1) is 5.56 Å². The lowest BCUT2D eigenvalue weighted by Gasteiger charge is -2.12. The summed E-state index contributed by atoms with van der Waals surface area (Å²) in [5.41, 5.74) is 12.2. The van der Waals surface area contributed by atoms with Gasteiger partial charge in [0, 0.05) is 17.6 Å². The minimum Gasteiger partial charge on any atom is -0.457 e. The number of amides is 2. The summed E-state index contributed by atoms with van der Waals surface area (Å²) < 4.78 is 5.71. The second kappa shape index (κ2) is 7.36. The molecule has 0 bridgehead atoms. The van der Waals surface area contributed by atoms with E-state index in [1.807, 2.05) is 0 Å². The molecule has 2 unspecified atom stereocenters. The molecule has 1 aliphatic carbocycles. The third-order valence-corrected chi connectivity index (χ3v) is 4.35. The maximum absolute atomic E-state index is 12.2. The number of benzene rings is 2. The molecule has 0 spiro atoms. The summed E-state index contributed by atoms with van der Waals surface area (Å²) in [4.78, 5) is 23.6. The summed E-state index contributed by atoms with van der Waals surface area (Å²) in [5.74, 6) is 0.379. The number of rotatable bonds is 5. The first kappa shape index (κ1) is 17.0. The van der Waals surface area contributed by atoms with Crippen LogP contribution in [-0.4, -0.2) is 17.9 Å². The summed E-state index contributed by atoms with van der Waals surface area (Å²) in [6.07, 6.45) is 2.46. The molecule has 6 nitrogen and oxygen atoms in total.